The summed E-state index contributed by atoms with van der Waals surface area (Å²) in [5.41, 5.74) is 4.85. The average Bonchev–Trinajstić information content (AvgIpc) is 3.58. The van der Waals surface area contributed by atoms with E-state index in [1.807, 2.05) is 57.5 Å². The molecule has 1 aromatic carbocycles. The van der Waals surface area contributed by atoms with Crippen LogP contribution in [-0.4, -0.2) is 45.1 Å². The average molecular weight is 505 g/mol. The molecule has 3 N–H and O–H groups in total. The number of rotatable bonds is 10. The molecule has 8 nitrogen and oxygen atoms in total. The number of aromatic amines is 1. The third kappa shape index (κ3) is 5.92. The normalized spacial score (nSPS) is 11.7. The lowest BCUT2D eigenvalue weighted by Crippen LogP contribution is -2.05. The van der Waals surface area contributed by atoms with Crippen molar-refractivity contribution in [2.45, 2.75) is 39.7 Å². The van der Waals surface area contributed by atoms with Crippen molar-refractivity contribution < 1.29 is 9.59 Å². The number of H-pyrrole nitrogens is 1. The van der Waals surface area contributed by atoms with Gasteiger partial charge in [0.15, 0.2) is 17.7 Å². The highest BCUT2D eigenvalue weighted by Crippen LogP contribution is 2.30. The fourth-order valence-corrected chi connectivity index (χ4v) is 5.06. The molecule has 0 radical (unpaired) electrons. The lowest BCUT2D eigenvalue weighted by molar-refractivity contribution is -0.115. The van der Waals surface area contributed by atoms with Gasteiger partial charge in [-0.2, -0.15) is 5.10 Å². The quantitative estimate of drug-likeness (QED) is 0.120. The first-order chi connectivity index (χ1) is 17.5. The van der Waals surface area contributed by atoms with Crippen LogP contribution in [0.15, 0.2) is 48.2 Å². The van der Waals surface area contributed by atoms with Crippen molar-refractivity contribution in [2.24, 2.45) is 7.05 Å². The standard InChI is InChI=1S/C18H21N3O2S.C9H11N3/c1-4-6-8-12(15(23)7-5-2)9-16-20-18-17(24-16)13(10-19)14(11-22)21(18)3;1-10-5-7-3-2-4-9-8(7)6-11-12-9/h4,6,8,10-11,19H,5,7,9H2,1-3H3;2-4,6,10H,5H2,1H3,(H,11,12)/b6-4-,12-8-,19-10?;. The van der Waals surface area contributed by atoms with Crippen LogP contribution in [0.3, 0.4) is 0 Å². The molecule has 0 amide bonds. The lowest BCUT2D eigenvalue weighted by Gasteiger charge is -2.03. The molecule has 36 heavy (non-hydrogen) atoms. The number of thiazole rings is 1. The van der Waals surface area contributed by atoms with E-state index < -0.39 is 0 Å². The highest BCUT2D eigenvalue weighted by atomic mass is 32.1. The maximum absolute atomic E-state index is 12.3. The number of Topliss-reactive ketones (excluding diaryl/α,β-unsaturated/α-hetero) is 1. The SMILES string of the molecule is C/C=C\C=C(\Cc1nc2c(s1)c(C=N)c(C=O)n2C)C(=O)CCC.CNCc1cccc2[nH]ncc12. The molecule has 4 rings (SSSR count). The number of nitrogens with zero attached hydrogens (tertiary/aromatic N) is 3. The van der Waals surface area contributed by atoms with Gasteiger partial charge in [0.1, 0.15) is 5.01 Å². The van der Waals surface area contributed by atoms with Crippen LogP contribution in [-0.2, 0) is 24.8 Å². The molecule has 0 atom stereocenters. The summed E-state index contributed by atoms with van der Waals surface area (Å²) >= 11 is 1.44. The molecule has 0 aliphatic heterocycles. The van der Waals surface area contributed by atoms with E-state index in [9.17, 15) is 9.59 Å². The van der Waals surface area contributed by atoms with Crippen molar-refractivity contribution >= 4 is 50.9 Å². The second-order valence-corrected chi connectivity index (χ2v) is 9.31. The maximum atomic E-state index is 12.3. The molecule has 4 aromatic rings. The van der Waals surface area contributed by atoms with E-state index in [4.69, 9.17) is 5.41 Å². The van der Waals surface area contributed by atoms with E-state index in [1.54, 1.807) is 11.6 Å². The number of aromatic nitrogens is 4. The monoisotopic (exact) mass is 504 g/mol. The zero-order valence-corrected chi connectivity index (χ0v) is 21.9. The summed E-state index contributed by atoms with van der Waals surface area (Å²) in [4.78, 5) is 28.1. The Morgan fingerprint density at radius 1 is 1.33 bits per heavy atom. The molecule has 0 aliphatic carbocycles. The van der Waals surface area contributed by atoms with E-state index in [0.717, 1.165) is 40.0 Å². The smallest absolute Gasteiger partial charge is 0.167 e. The number of hydrogen-bond acceptors (Lipinski definition) is 7. The van der Waals surface area contributed by atoms with Crippen LogP contribution in [0.25, 0.3) is 21.3 Å². The van der Waals surface area contributed by atoms with Crippen LogP contribution in [0.4, 0.5) is 0 Å². The van der Waals surface area contributed by atoms with Crippen LogP contribution in [0, 0.1) is 5.41 Å². The predicted molar refractivity (Wildman–Crippen MR) is 147 cm³/mol. The number of fused-ring (bicyclic) bond motifs is 2. The van der Waals surface area contributed by atoms with Crippen molar-refractivity contribution in [3.05, 3.63) is 70.0 Å². The number of hydrogen-bond donors (Lipinski definition) is 3. The van der Waals surface area contributed by atoms with Gasteiger partial charge in [-0.15, -0.1) is 11.3 Å². The number of carbonyl (C=O) groups is 2. The Morgan fingerprint density at radius 3 is 2.81 bits per heavy atom. The predicted octanol–water partition coefficient (Wildman–Crippen LogP) is 5.14. The topological polar surface area (TPSA) is 117 Å². The molecule has 188 valence electrons. The van der Waals surface area contributed by atoms with Gasteiger partial charge in [-0.3, -0.25) is 14.7 Å². The Balaban J connectivity index is 0.000000249. The van der Waals surface area contributed by atoms with E-state index in [0.29, 0.717) is 29.7 Å². The third-order valence-corrected chi connectivity index (χ3v) is 6.80. The summed E-state index contributed by atoms with van der Waals surface area (Å²) in [5, 5.41) is 19.6. The Kier molecular flexibility index (Phi) is 9.61. The van der Waals surface area contributed by atoms with Crippen LogP contribution in [0.5, 0.6) is 0 Å². The summed E-state index contributed by atoms with van der Waals surface area (Å²) in [7, 11) is 3.71. The van der Waals surface area contributed by atoms with Gasteiger partial charge in [-0.25, -0.2) is 4.98 Å². The first-order valence-electron chi connectivity index (χ1n) is 11.8. The fraction of sp³-hybridized carbons (Fsp3) is 0.296. The molecule has 3 heterocycles. The first kappa shape index (κ1) is 26.9. The number of nitrogens with one attached hydrogen (secondary N) is 3. The Morgan fingerprint density at radius 2 is 2.14 bits per heavy atom. The number of aldehydes is 1. The third-order valence-electron chi connectivity index (χ3n) is 5.72. The zero-order chi connectivity index (χ0) is 26.1. The van der Waals surface area contributed by atoms with E-state index in [1.165, 1.54) is 28.5 Å². The minimum atomic E-state index is 0.135. The molecule has 0 fully saturated rings. The van der Waals surface area contributed by atoms with E-state index in [-0.39, 0.29) is 5.78 Å². The molecular formula is C27H32N6O2S. The first-order valence-corrected chi connectivity index (χ1v) is 12.6. The Bertz CT molecular complexity index is 1420. The van der Waals surface area contributed by atoms with Crippen molar-refractivity contribution in [1.29, 1.82) is 5.41 Å². The highest BCUT2D eigenvalue weighted by Gasteiger charge is 2.19. The second kappa shape index (κ2) is 12.9. The number of carbonyl (C=O) groups excluding carboxylic acids is 2. The molecule has 3 aromatic heterocycles. The minimum absolute atomic E-state index is 0.135. The fourth-order valence-electron chi connectivity index (χ4n) is 3.91. The Hall–Kier alpha value is -3.69. The summed E-state index contributed by atoms with van der Waals surface area (Å²) in [5.74, 6) is 0.135. The maximum Gasteiger partial charge on any atom is 0.167 e. The van der Waals surface area contributed by atoms with Gasteiger partial charge < -0.3 is 15.3 Å². The second-order valence-electron chi connectivity index (χ2n) is 8.23. The van der Waals surface area contributed by atoms with Gasteiger partial charge in [0.2, 0.25) is 0 Å². The Labute approximate surface area is 214 Å². The number of benzene rings is 1. The number of ketones is 1. The molecule has 0 unspecified atom stereocenters. The van der Waals surface area contributed by atoms with Crippen molar-refractivity contribution in [2.75, 3.05) is 7.05 Å². The molecule has 0 bridgehead atoms. The van der Waals surface area contributed by atoms with Crippen LogP contribution in [0.1, 0.15) is 53.3 Å². The van der Waals surface area contributed by atoms with Crippen LogP contribution in [0.2, 0.25) is 0 Å². The van der Waals surface area contributed by atoms with E-state index >= 15 is 0 Å². The number of allylic oxidation sites excluding steroid dienone is 4. The summed E-state index contributed by atoms with van der Waals surface area (Å²) < 4.78 is 2.52. The van der Waals surface area contributed by atoms with Gasteiger partial charge in [0, 0.05) is 49.2 Å². The van der Waals surface area contributed by atoms with Crippen LogP contribution >= 0.6 is 11.3 Å². The van der Waals surface area contributed by atoms with Gasteiger partial charge in [-0.05, 0) is 32.0 Å². The highest BCUT2D eigenvalue weighted by molar-refractivity contribution is 7.19. The van der Waals surface area contributed by atoms with Gasteiger partial charge >= 0.3 is 0 Å². The van der Waals surface area contributed by atoms with Crippen molar-refractivity contribution in [3.63, 3.8) is 0 Å². The van der Waals surface area contributed by atoms with E-state index in [2.05, 4.69) is 26.6 Å². The number of aryl methyl sites for hydroxylation is 1. The molecule has 0 saturated heterocycles. The minimum Gasteiger partial charge on any atom is -0.325 e. The zero-order valence-electron chi connectivity index (χ0n) is 21.1. The van der Waals surface area contributed by atoms with Crippen molar-refractivity contribution in [1.82, 2.24) is 25.1 Å². The van der Waals surface area contributed by atoms with Gasteiger partial charge in [0.05, 0.1) is 22.1 Å². The molecule has 9 heteroatoms. The van der Waals surface area contributed by atoms with Gasteiger partial charge in [0.25, 0.3) is 0 Å². The van der Waals surface area contributed by atoms with Gasteiger partial charge in [-0.1, -0.05) is 37.3 Å². The van der Waals surface area contributed by atoms with Crippen LogP contribution < -0.4 is 5.32 Å². The lowest BCUT2D eigenvalue weighted by atomic mass is 10.0. The van der Waals surface area contributed by atoms with Crippen molar-refractivity contribution in [3.8, 4) is 0 Å². The largest absolute Gasteiger partial charge is 0.325 e. The molecular weight excluding hydrogens is 472 g/mol. The summed E-state index contributed by atoms with van der Waals surface area (Å²) in [6, 6.07) is 6.17. The molecule has 0 aliphatic rings. The molecule has 0 saturated carbocycles. The summed E-state index contributed by atoms with van der Waals surface area (Å²) in [6.45, 7) is 4.78. The summed E-state index contributed by atoms with van der Waals surface area (Å²) in [6.07, 6.45) is 11.2. The molecule has 0 spiro atoms.